The Morgan fingerprint density at radius 2 is 1.61 bits per heavy atom. The zero-order valence-corrected chi connectivity index (χ0v) is 17.2. The molecule has 6 heteroatoms. The molecule has 3 aromatic rings. The molecular formula is C25H25FN2O3. The van der Waals surface area contributed by atoms with Crippen molar-refractivity contribution in [3.05, 3.63) is 95.7 Å². The topological polar surface area (TPSA) is 53.8 Å². The van der Waals surface area contributed by atoms with Gasteiger partial charge in [0.25, 0.3) is 0 Å². The summed E-state index contributed by atoms with van der Waals surface area (Å²) in [7, 11) is 0. The Balaban J connectivity index is 1.47. The van der Waals surface area contributed by atoms with Gasteiger partial charge in [0.15, 0.2) is 0 Å². The fourth-order valence-electron chi connectivity index (χ4n) is 3.56. The van der Waals surface area contributed by atoms with Crippen molar-refractivity contribution in [2.75, 3.05) is 6.54 Å². The Kier molecular flexibility index (Phi) is 6.46. The number of benzene rings is 2. The van der Waals surface area contributed by atoms with E-state index in [0.717, 1.165) is 24.0 Å². The lowest BCUT2D eigenvalue weighted by Gasteiger charge is -2.27. The van der Waals surface area contributed by atoms with E-state index in [1.54, 1.807) is 34.3 Å². The standard InChI is InChI=1S/C25H25FN2O3/c26-21-10-8-20(9-11-21)16-27(17-23-7-4-14-31-23)25(30)18-28(22-12-13-22)24(29)15-19-5-2-1-3-6-19/h1-11,14,22H,12-13,15-18H2. The average molecular weight is 420 g/mol. The van der Waals surface area contributed by atoms with Crippen LogP contribution in [0.2, 0.25) is 0 Å². The number of hydrogen-bond donors (Lipinski definition) is 0. The minimum absolute atomic E-state index is 0.0260. The third kappa shape index (κ3) is 5.81. The van der Waals surface area contributed by atoms with Gasteiger partial charge in [0.1, 0.15) is 18.1 Å². The molecule has 0 radical (unpaired) electrons. The molecule has 1 aliphatic rings. The van der Waals surface area contributed by atoms with Crippen LogP contribution < -0.4 is 0 Å². The third-order valence-corrected chi connectivity index (χ3v) is 5.38. The first-order chi connectivity index (χ1) is 15.1. The van der Waals surface area contributed by atoms with Crippen LogP contribution >= 0.6 is 0 Å². The van der Waals surface area contributed by atoms with Gasteiger partial charge >= 0.3 is 0 Å². The second-order valence-electron chi connectivity index (χ2n) is 7.87. The Bertz CT molecular complexity index is 999. The monoisotopic (exact) mass is 420 g/mol. The number of nitrogens with zero attached hydrogens (tertiary/aromatic N) is 2. The first-order valence-corrected chi connectivity index (χ1v) is 10.5. The minimum Gasteiger partial charge on any atom is -0.467 e. The van der Waals surface area contributed by atoms with Crippen LogP contribution in [0.4, 0.5) is 4.39 Å². The minimum atomic E-state index is -0.320. The van der Waals surface area contributed by atoms with Gasteiger partial charge in [-0.05, 0) is 48.2 Å². The predicted molar refractivity (Wildman–Crippen MR) is 114 cm³/mol. The smallest absolute Gasteiger partial charge is 0.242 e. The van der Waals surface area contributed by atoms with Gasteiger partial charge in [-0.25, -0.2) is 4.39 Å². The second-order valence-corrected chi connectivity index (χ2v) is 7.87. The van der Waals surface area contributed by atoms with Crippen LogP contribution in [-0.2, 0) is 29.1 Å². The van der Waals surface area contributed by atoms with Crippen molar-refractivity contribution >= 4 is 11.8 Å². The number of amides is 2. The molecule has 1 aromatic heterocycles. The highest BCUT2D eigenvalue weighted by Gasteiger charge is 2.34. The predicted octanol–water partition coefficient (Wildman–Crippen LogP) is 4.18. The maximum absolute atomic E-state index is 13.3. The molecule has 0 bridgehead atoms. The van der Waals surface area contributed by atoms with Gasteiger partial charge in [0.05, 0.1) is 19.2 Å². The van der Waals surface area contributed by atoms with Crippen LogP contribution in [0.5, 0.6) is 0 Å². The first kappa shape index (κ1) is 20.8. The summed E-state index contributed by atoms with van der Waals surface area (Å²) in [6.45, 7) is 0.623. The third-order valence-electron chi connectivity index (χ3n) is 5.38. The van der Waals surface area contributed by atoms with Gasteiger partial charge < -0.3 is 14.2 Å². The largest absolute Gasteiger partial charge is 0.467 e. The Hall–Kier alpha value is -3.41. The SMILES string of the molecule is O=C(CN(C(=O)Cc1ccccc1)C1CC1)N(Cc1ccc(F)cc1)Cc1ccco1. The summed E-state index contributed by atoms with van der Waals surface area (Å²) in [4.78, 5) is 29.6. The summed E-state index contributed by atoms with van der Waals surface area (Å²) in [6.07, 6.45) is 3.68. The van der Waals surface area contributed by atoms with E-state index in [0.29, 0.717) is 12.3 Å². The molecular weight excluding hydrogens is 395 g/mol. The molecule has 1 saturated carbocycles. The Morgan fingerprint density at radius 1 is 0.871 bits per heavy atom. The van der Waals surface area contributed by atoms with Crippen LogP contribution in [0.1, 0.15) is 29.7 Å². The summed E-state index contributed by atoms with van der Waals surface area (Å²) >= 11 is 0. The van der Waals surface area contributed by atoms with E-state index in [1.807, 2.05) is 36.4 Å². The number of rotatable bonds is 9. The lowest BCUT2D eigenvalue weighted by atomic mass is 10.1. The summed E-state index contributed by atoms with van der Waals surface area (Å²) in [6, 6.07) is 19.4. The summed E-state index contributed by atoms with van der Waals surface area (Å²) in [5.74, 6) is 0.138. The van der Waals surface area contributed by atoms with Crippen molar-refractivity contribution in [2.45, 2.75) is 38.4 Å². The molecule has 0 saturated heterocycles. The zero-order valence-electron chi connectivity index (χ0n) is 17.2. The molecule has 31 heavy (non-hydrogen) atoms. The molecule has 2 aromatic carbocycles. The van der Waals surface area contributed by atoms with E-state index in [9.17, 15) is 14.0 Å². The van der Waals surface area contributed by atoms with Gasteiger partial charge in [-0.15, -0.1) is 0 Å². The van der Waals surface area contributed by atoms with Crippen molar-refractivity contribution in [2.24, 2.45) is 0 Å². The van der Waals surface area contributed by atoms with Gasteiger partial charge in [0, 0.05) is 12.6 Å². The van der Waals surface area contributed by atoms with Crippen molar-refractivity contribution in [1.29, 1.82) is 0 Å². The molecule has 1 fully saturated rings. The van der Waals surface area contributed by atoms with E-state index in [4.69, 9.17) is 4.42 Å². The average Bonchev–Trinajstić information content (AvgIpc) is 3.49. The van der Waals surface area contributed by atoms with Crippen molar-refractivity contribution in [1.82, 2.24) is 9.80 Å². The van der Waals surface area contributed by atoms with Gasteiger partial charge in [-0.2, -0.15) is 0 Å². The highest BCUT2D eigenvalue weighted by atomic mass is 19.1. The van der Waals surface area contributed by atoms with E-state index in [-0.39, 0.29) is 43.2 Å². The summed E-state index contributed by atoms with van der Waals surface area (Å²) in [5, 5.41) is 0. The molecule has 1 heterocycles. The lowest BCUT2D eigenvalue weighted by Crippen LogP contribution is -2.44. The quantitative estimate of drug-likeness (QED) is 0.522. The van der Waals surface area contributed by atoms with E-state index in [2.05, 4.69) is 0 Å². The van der Waals surface area contributed by atoms with Crippen molar-refractivity contribution < 1.29 is 18.4 Å². The van der Waals surface area contributed by atoms with Crippen LogP contribution in [0, 0.1) is 5.82 Å². The molecule has 4 rings (SSSR count). The van der Waals surface area contributed by atoms with Gasteiger partial charge in [0.2, 0.25) is 11.8 Å². The molecule has 2 amide bonds. The van der Waals surface area contributed by atoms with Crippen molar-refractivity contribution in [3.63, 3.8) is 0 Å². The number of halogens is 1. The molecule has 0 atom stereocenters. The van der Waals surface area contributed by atoms with Crippen molar-refractivity contribution in [3.8, 4) is 0 Å². The Labute approximate surface area is 181 Å². The maximum Gasteiger partial charge on any atom is 0.242 e. The highest BCUT2D eigenvalue weighted by Crippen LogP contribution is 2.28. The normalized spacial score (nSPS) is 13.1. The van der Waals surface area contributed by atoms with E-state index >= 15 is 0 Å². The second kappa shape index (κ2) is 9.60. The number of hydrogen-bond acceptors (Lipinski definition) is 3. The molecule has 1 aliphatic carbocycles. The number of carbonyl (C=O) groups is 2. The van der Waals surface area contributed by atoms with Crippen LogP contribution in [0.15, 0.2) is 77.4 Å². The Morgan fingerprint density at radius 3 is 2.26 bits per heavy atom. The molecule has 0 aliphatic heterocycles. The molecule has 160 valence electrons. The number of carbonyl (C=O) groups excluding carboxylic acids is 2. The van der Waals surface area contributed by atoms with Crippen LogP contribution in [0.3, 0.4) is 0 Å². The fraction of sp³-hybridized carbons (Fsp3) is 0.280. The van der Waals surface area contributed by atoms with Gasteiger partial charge in [-0.1, -0.05) is 42.5 Å². The fourth-order valence-corrected chi connectivity index (χ4v) is 3.56. The maximum atomic E-state index is 13.3. The highest BCUT2D eigenvalue weighted by molar-refractivity contribution is 5.86. The van der Waals surface area contributed by atoms with Crippen LogP contribution in [0.25, 0.3) is 0 Å². The van der Waals surface area contributed by atoms with Gasteiger partial charge in [-0.3, -0.25) is 9.59 Å². The molecule has 0 N–H and O–H groups in total. The van der Waals surface area contributed by atoms with Crippen LogP contribution in [-0.4, -0.2) is 34.2 Å². The first-order valence-electron chi connectivity index (χ1n) is 10.5. The molecule has 5 nitrogen and oxygen atoms in total. The molecule has 0 spiro atoms. The lowest BCUT2D eigenvalue weighted by molar-refractivity contribution is -0.141. The summed E-state index contributed by atoms with van der Waals surface area (Å²) < 4.78 is 18.7. The summed E-state index contributed by atoms with van der Waals surface area (Å²) in [5.41, 5.74) is 1.75. The van der Waals surface area contributed by atoms with E-state index in [1.165, 1.54) is 12.1 Å². The zero-order chi connectivity index (χ0) is 21.6. The number of furan rings is 1. The molecule has 0 unspecified atom stereocenters. The van der Waals surface area contributed by atoms with E-state index < -0.39 is 0 Å².